The Balaban J connectivity index is 1.93. The molecule has 0 aliphatic heterocycles. The van der Waals surface area contributed by atoms with E-state index < -0.39 is 0 Å². The Morgan fingerprint density at radius 1 is 1.62 bits per heavy atom. The lowest BCUT2D eigenvalue weighted by molar-refractivity contribution is -0.124. The number of ketones is 1. The molecule has 1 nitrogen and oxygen atoms in total. The van der Waals surface area contributed by atoms with Crippen LogP contribution in [0.15, 0.2) is 15.9 Å². The molecule has 0 bridgehead atoms. The van der Waals surface area contributed by atoms with E-state index in [-0.39, 0.29) is 0 Å². The van der Waals surface area contributed by atoms with E-state index in [4.69, 9.17) is 0 Å². The van der Waals surface area contributed by atoms with Crippen molar-refractivity contribution in [1.82, 2.24) is 0 Å². The summed E-state index contributed by atoms with van der Waals surface area (Å²) in [6.07, 6.45) is 4.11. The summed E-state index contributed by atoms with van der Waals surface area (Å²) in [5.41, 5.74) is 0. The first kappa shape index (κ1) is 9.41. The third-order valence-corrected chi connectivity index (χ3v) is 4.23. The van der Waals surface area contributed by atoms with E-state index in [1.165, 1.54) is 11.3 Å². The molecule has 2 rings (SSSR count). The Morgan fingerprint density at radius 3 is 2.85 bits per heavy atom. The van der Waals surface area contributed by atoms with Crippen molar-refractivity contribution in [2.45, 2.75) is 25.7 Å². The van der Waals surface area contributed by atoms with Gasteiger partial charge in [-0.1, -0.05) is 6.42 Å². The Bertz CT molecular complexity index is 314. The summed E-state index contributed by atoms with van der Waals surface area (Å²) in [5.74, 6) is 0.807. The highest BCUT2D eigenvalue weighted by Gasteiger charge is 2.25. The van der Waals surface area contributed by atoms with E-state index in [9.17, 15) is 4.79 Å². The number of hydrogen-bond donors (Lipinski definition) is 0. The number of carbonyl (C=O) groups excluding carboxylic acids is 1. The van der Waals surface area contributed by atoms with Gasteiger partial charge < -0.3 is 0 Å². The van der Waals surface area contributed by atoms with Crippen LogP contribution >= 0.6 is 27.3 Å². The van der Waals surface area contributed by atoms with Crippen molar-refractivity contribution in [2.24, 2.45) is 5.92 Å². The number of halogens is 1. The van der Waals surface area contributed by atoms with Crippen LogP contribution in [0.4, 0.5) is 0 Å². The molecule has 13 heavy (non-hydrogen) atoms. The summed E-state index contributed by atoms with van der Waals surface area (Å²) in [6.45, 7) is 0. The van der Waals surface area contributed by atoms with E-state index in [2.05, 4.69) is 15.9 Å². The SMILES string of the molecule is O=C(Cc1cc(Br)cs1)C1CCC1. The normalized spacial score (nSPS) is 17.0. The third kappa shape index (κ3) is 2.20. The van der Waals surface area contributed by atoms with Gasteiger partial charge in [0.15, 0.2) is 0 Å². The van der Waals surface area contributed by atoms with Gasteiger partial charge in [0.25, 0.3) is 0 Å². The third-order valence-electron chi connectivity index (χ3n) is 2.53. The van der Waals surface area contributed by atoms with E-state index in [1.54, 1.807) is 11.3 Å². The van der Waals surface area contributed by atoms with Crippen LogP contribution in [0.5, 0.6) is 0 Å². The van der Waals surface area contributed by atoms with Crippen LogP contribution < -0.4 is 0 Å². The molecule has 1 fully saturated rings. The van der Waals surface area contributed by atoms with Crippen LogP contribution in [-0.2, 0) is 11.2 Å². The molecule has 0 N–H and O–H groups in total. The first-order chi connectivity index (χ1) is 6.25. The summed E-state index contributed by atoms with van der Waals surface area (Å²) in [6, 6.07) is 2.04. The second-order valence-electron chi connectivity index (χ2n) is 3.50. The number of rotatable bonds is 3. The first-order valence-electron chi connectivity index (χ1n) is 4.51. The van der Waals surface area contributed by atoms with Crippen LogP contribution in [-0.4, -0.2) is 5.78 Å². The van der Waals surface area contributed by atoms with Crippen LogP contribution in [0.3, 0.4) is 0 Å². The Morgan fingerprint density at radius 2 is 2.38 bits per heavy atom. The molecule has 0 unspecified atom stereocenters. The van der Waals surface area contributed by atoms with Crippen LogP contribution in [0, 0.1) is 5.92 Å². The van der Waals surface area contributed by atoms with Gasteiger partial charge >= 0.3 is 0 Å². The highest BCUT2D eigenvalue weighted by Crippen LogP contribution is 2.29. The van der Waals surface area contributed by atoms with E-state index >= 15 is 0 Å². The highest BCUT2D eigenvalue weighted by molar-refractivity contribution is 9.10. The lowest BCUT2D eigenvalue weighted by Gasteiger charge is -2.23. The Hall–Kier alpha value is -0.150. The molecule has 1 saturated carbocycles. The lowest BCUT2D eigenvalue weighted by Crippen LogP contribution is -2.23. The Kier molecular flexibility index (Phi) is 2.84. The molecule has 3 heteroatoms. The smallest absolute Gasteiger partial charge is 0.141 e. The molecule has 1 aliphatic carbocycles. The van der Waals surface area contributed by atoms with Gasteiger partial charge in [0.2, 0.25) is 0 Å². The van der Waals surface area contributed by atoms with Gasteiger partial charge in [-0.05, 0) is 34.8 Å². The van der Waals surface area contributed by atoms with E-state index in [1.807, 2.05) is 11.4 Å². The predicted molar refractivity (Wildman–Crippen MR) is 58.1 cm³/mol. The van der Waals surface area contributed by atoms with Crippen molar-refractivity contribution in [3.63, 3.8) is 0 Å². The van der Waals surface area contributed by atoms with Crippen LogP contribution in [0.2, 0.25) is 0 Å². The van der Waals surface area contributed by atoms with Gasteiger partial charge in [-0.2, -0.15) is 0 Å². The molecule has 70 valence electrons. The van der Waals surface area contributed by atoms with Crippen molar-refractivity contribution < 1.29 is 4.79 Å². The van der Waals surface area contributed by atoms with Gasteiger partial charge in [0.05, 0.1) is 0 Å². The fourth-order valence-electron chi connectivity index (χ4n) is 1.49. The fraction of sp³-hybridized carbons (Fsp3) is 0.500. The van der Waals surface area contributed by atoms with Crippen molar-refractivity contribution in [3.8, 4) is 0 Å². The van der Waals surface area contributed by atoms with Crippen molar-refractivity contribution in [3.05, 3.63) is 20.8 Å². The molecule has 1 aromatic heterocycles. The molecular weight excluding hydrogens is 248 g/mol. The standard InChI is InChI=1S/C10H11BrOS/c11-8-4-9(13-6-8)5-10(12)7-2-1-3-7/h4,6-7H,1-3,5H2. The maximum Gasteiger partial charge on any atom is 0.141 e. The summed E-state index contributed by atoms with van der Waals surface area (Å²) in [5, 5.41) is 2.03. The molecule has 0 saturated heterocycles. The summed E-state index contributed by atoms with van der Waals surface area (Å²) >= 11 is 5.05. The average molecular weight is 259 g/mol. The zero-order valence-electron chi connectivity index (χ0n) is 7.25. The predicted octanol–water partition coefficient (Wildman–Crippen LogP) is 3.42. The zero-order valence-corrected chi connectivity index (χ0v) is 9.66. The van der Waals surface area contributed by atoms with Crippen molar-refractivity contribution >= 4 is 33.0 Å². The number of Topliss-reactive ketones (excluding diaryl/α,β-unsaturated/α-hetero) is 1. The molecule has 0 amide bonds. The topological polar surface area (TPSA) is 17.1 Å². The Labute approximate surface area is 90.3 Å². The maximum atomic E-state index is 11.6. The quantitative estimate of drug-likeness (QED) is 0.812. The molecule has 1 heterocycles. The summed E-state index contributed by atoms with van der Waals surface area (Å²) in [7, 11) is 0. The first-order valence-corrected chi connectivity index (χ1v) is 6.18. The fourth-order valence-corrected chi connectivity index (χ4v) is 2.95. The maximum absolute atomic E-state index is 11.6. The highest BCUT2D eigenvalue weighted by atomic mass is 79.9. The van der Waals surface area contributed by atoms with Gasteiger partial charge in [-0.3, -0.25) is 4.79 Å². The second kappa shape index (κ2) is 3.93. The van der Waals surface area contributed by atoms with Crippen molar-refractivity contribution in [1.29, 1.82) is 0 Å². The molecule has 1 aromatic rings. The van der Waals surface area contributed by atoms with Gasteiger partial charge in [0.1, 0.15) is 5.78 Å². The monoisotopic (exact) mass is 258 g/mol. The second-order valence-corrected chi connectivity index (χ2v) is 5.41. The van der Waals surface area contributed by atoms with Crippen molar-refractivity contribution in [2.75, 3.05) is 0 Å². The molecule has 0 spiro atoms. The van der Waals surface area contributed by atoms with E-state index in [0.29, 0.717) is 18.1 Å². The van der Waals surface area contributed by atoms with E-state index in [0.717, 1.165) is 17.3 Å². The van der Waals surface area contributed by atoms with Crippen LogP contribution in [0.25, 0.3) is 0 Å². The molecule has 0 aromatic carbocycles. The van der Waals surface area contributed by atoms with Gasteiger partial charge in [-0.25, -0.2) is 0 Å². The number of carbonyl (C=O) groups is 1. The van der Waals surface area contributed by atoms with Crippen LogP contribution in [0.1, 0.15) is 24.1 Å². The van der Waals surface area contributed by atoms with Gasteiger partial charge in [0, 0.05) is 27.1 Å². The molecular formula is C10H11BrOS. The minimum Gasteiger partial charge on any atom is -0.299 e. The summed E-state index contributed by atoms with van der Waals surface area (Å²) < 4.78 is 1.09. The minimum atomic E-state index is 0.376. The molecule has 0 atom stereocenters. The molecule has 0 radical (unpaired) electrons. The summed E-state index contributed by atoms with van der Waals surface area (Å²) in [4.78, 5) is 12.8. The average Bonchev–Trinajstić information content (AvgIpc) is 2.31. The van der Waals surface area contributed by atoms with Gasteiger partial charge in [-0.15, -0.1) is 11.3 Å². The zero-order chi connectivity index (χ0) is 9.26. The number of hydrogen-bond acceptors (Lipinski definition) is 2. The number of thiophene rings is 1. The lowest BCUT2D eigenvalue weighted by atomic mass is 9.81. The minimum absolute atomic E-state index is 0.376. The largest absolute Gasteiger partial charge is 0.299 e. The molecule has 1 aliphatic rings.